The van der Waals surface area contributed by atoms with E-state index >= 15 is 0 Å². The summed E-state index contributed by atoms with van der Waals surface area (Å²) in [5.74, 6) is 0.203. The van der Waals surface area contributed by atoms with Crippen LogP contribution in [0.1, 0.15) is 12.8 Å². The third-order valence-corrected chi connectivity index (χ3v) is 4.86. The first-order chi connectivity index (χ1) is 14.0. The second-order valence-electron chi connectivity index (χ2n) is 7.17. The zero-order valence-corrected chi connectivity index (χ0v) is 16.1. The summed E-state index contributed by atoms with van der Waals surface area (Å²) in [6.07, 6.45) is 0.936. The zero-order valence-electron chi connectivity index (χ0n) is 16.1. The first kappa shape index (κ1) is 20.8. The van der Waals surface area contributed by atoms with Crippen molar-refractivity contribution in [2.24, 2.45) is 5.92 Å². The van der Waals surface area contributed by atoms with Gasteiger partial charge in [0.2, 0.25) is 5.91 Å². The number of nitrogens with zero attached hydrogens (tertiary/aromatic N) is 2. The summed E-state index contributed by atoms with van der Waals surface area (Å²) in [5, 5.41) is 24.1. The molecule has 1 aliphatic heterocycles. The van der Waals surface area contributed by atoms with Gasteiger partial charge < -0.3 is 15.2 Å². The van der Waals surface area contributed by atoms with Crippen LogP contribution < -0.4 is 10.1 Å². The van der Waals surface area contributed by atoms with Gasteiger partial charge >= 0.3 is 0 Å². The average Bonchev–Trinajstić information content (AvgIpc) is 2.73. The lowest BCUT2D eigenvalue weighted by molar-refractivity contribution is -0.384. The Labute approximate surface area is 169 Å². The lowest BCUT2D eigenvalue weighted by Crippen LogP contribution is -2.44. The van der Waals surface area contributed by atoms with Gasteiger partial charge in [-0.2, -0.15) is 0 Å². The summed E-state index contributed by atoms with van der Waals surface area (Å²) in [6.45, 7) is 1.79. The highest BCUT2D eigenvalue weighted by Crippen LogP contribution is 2.21. The summed E-state index contributed by atoms with van der Waals surface area (Å²) >= 11 is 0. The molecule has 1 saturated heterocycles. The van der Waals surface area contributed by atoms with Gasteiger partial charge in [-0.05, 0) is 37.6 Å². The zero-order chi connectivity index (χ0) is 20.6. The van der Waals surface area contributed by atoms with Crippen molar-refractivity contribution in [2.75, 3.05) is 31.6 Å². The number of carbonyl (C=O) groups excluding carboxylic acids is 1. The van der Waals surface area contributed by atoms with E-state index in [1.807, 2.05) is 30.3 Å². The SMILES string of the molecule is O=C(Nc1ccccc1)[C@@H]1CCCN(C[C@H](O)COc2cccc([N+](=O)[O-])c2)C1. The molecule has 0 spiro atoms. The molecule has 0 radical (unpaired) electrons. The van der Waals surface area contributed by atoms with Gasteiger partial charge in [0.05, 0.1) is 16.9 Å². The van der Waals surface area contributed by atoms with Crippen LogP contribution in [-0.4, -0.2) is 53.2 Å². The Morgan fingerprint density at radius 3 is 2.83 bits per heavy atom. The van der Waals surface area contributed by atoms with Crippen molar-refractivity contribution >= 4 is 17.3 Å². The minimum absolute atomic E-state index is 0.0109. The fourth-order valence-electron chi connectivity index (χ4n) is 3.43. The molecule has 0 bridgehead atoms. The summed E-state index contributed by atoms with van der Waals surface area (Å²) < 4.78 is 5.49. The second-order valence-corrected chi connectivity index (χ2v) is 7.17. The van der Waals surface area contributed by atoms with Crippen LogP contribution in [0.3, 0.4) is 0 Å². The molecule has 2 aromatic carbocycles. The fraction of sp³-hybridized carbons (Fsp3) is 0.381. The number of para-hydroxylation sites is 1. The van der Waals surface area contributed by atoms with E-state index in [4.69, 9.17) is 4.74 Å². The molecule has 1 heterocycles. The molecule has 3 rings (SSSR count). The largest absolute Gasteiger partial charge is 0.491 e. The van der Waals surface area contributed by atoms with E-state index in [1.54, 1.807) is 12.1 Å². The molecular weight excluding hydrogens is 374 g/mol. The van der Waals surface area contributed by atoms with Gasteiger partial charge in [-0.3, -0.25) is 19.8 Å². The molecule has 0 unspecified atom stereocenters. The van der Waals surface area contributed by atoms with E-state index in [0.717, 1.165) is 25.1 Å². The predicted molar refractivity (Wildman–Crippen MR) is 109 cm³/mol. The lowest BCUT2D eigenvalue weighted by Gasteiger charge is -2.33. The number of nitro benzene ring substituents is 1. The monoisotopic (exact) mass is 399 g/mol. The van der Waals surface area contributed by atoms with Gasteiger partial charge in [-0.25, -0.2) is 0 Å². The Balaban J connectivity index is 1.46. The van der Waals surface area contributed by atoms with Crippen LogP contribution in [0.5, 0.6) is 5.75 Å². The first-order valence-corrected chi connectivity index (χ1v) is 9.65. The number of benzene rings is 2. The van der Waals surface area contributed by atoms with Crippen molar-refractivity contribution in [1.82, 2.24) is 4.90 Å². The van der Waals surface area contributed by atoms with Crippen molar-refractivity contribution in [1.29, 1.82) is 0 Å². The number of non-ortho nitro benzene ring substituents is 1. The highest BCUT2D eigenvalue weighted by Gasteiger charge is 2.27. The Hall–Kier alpha value is -2.97. The topological polar surface area (TPSA) is 105 Å². The van der Waals surface area contributed by atoms with E-state index in [-0.39, 0.29) is 24.1 Å². The average molecular weight is 399 g/mol. The molecule has 1 aliphatic rings. The number of anilines is 1. The van der Waals surface area contributed by atoms with Gasteiger partial charge in [-0.1, -0.05) is 24.3 Å². The maximum Gasteiger partial charge on any atom is 0.273 e. The van der Waals surface area contributed by atoms with Crippen molar-refractivity contribution in [2.45, 2.75) is 18.9 Å². The van der Waals surface area contributed by atoms with Crippen LogP contribution in [0.4, 0.5) is 11.4 Å². The van der Waals surface area contributed by atoms with E-state index in [1.165, 1.54) is 12.1 Å². The quantitative estimate of drug-likeness (QED) is 0.522. The van der Waals surface area contributed by atoms with Crippen LogP contribution >= 0.6 is 0 Å². The third kappa shape index (κ3) is 6.27. The van der Waals surface area contributed by atoms with Gasteiger partial charge in [0.1, 0.15) is 18.5 Å². The molecule has 29 heavy (non-hydrogen) atoms. The number of aliphatic hydroxyl groups is 1. The summed E-state index contributed by atoms with van der Waals surface area (Å²) in [5.41, 5.74) is 0.723. The van der Waals surface area contributed by atoms with Gasteiger partial charge in [0.25, 0.3) is 5.69 Å². The summed E-state index contributed by atoms with van der Waals surface area (Å²) in [6, 6.07) is 15.2. The second kappa shape index (κ2) is 9.99. The molecule has 2 atom stereocenters. The maximum atomic E-state index is 12.5. The van der Waals surface area contributed by atoms with Crippen molar-refractivity contribution in [3.63, 3.8) is 0 Å². The number of hydrogen-bond acceptors (Lipinski definition) is 6. The molecular formula is C21H25N3O5. The van der Waals surface area contributed by atoms with Crippen molar-refractivity contribution in [3.8, 4) is 5.75 Å². The van der Waals surface area contributed by atoms with Crippen LogP contribution in [0.25, 0.3) is 0 Å². The molecule has 154 valence electrons. The first-order valence-electron chi connectivity index (χ1n) is 9.65. The Morgan fingerprint density at radius 2 is 2.07 bits per heavy atom. The number of piperidine rings is 1. The van der Waals surface area contributed by atoms with Crippen LogP contribution in [0.15, 0.2) is 54.6 Å². The number of likely N-dealkylation sites (tertiary alicyclic amines) is 1. The summed E-state index contributed by atoms with van der Waals surface area (Å²) in [7, 11) is 0. The predicted octanol–water partition coefficient (Wildman–Crippen LogP) is 2.69. The van der Waals surface area contributed by atoms with E-state index in [0.29, 0.717) is 18.8 Å². The number of rotatable bonds is 8. The molecule has 2 N–H and O–H groups in total. The van der Waals surface area contributed by atoms with Crippen molar-refractivity contribution < 1.29 is 19.6 Å². The van der Waals surface area contributed by atoms with Gasteiger partial charge in [0.15, 0.2) is 0 Å². The van der Waals surface area contributed by atoms with Crippen LogP contribution in [0, 0.1) is 16.0 Å². The van der Waals surface area contributed by atoms with Gasteiger partial charge in [0, 0.05) is 24.8 Å². The Bertz CT molecular complexity index is 830. The van der Waals surface area contributed by atoms with Crippen molar-refractivity contribution in [3.05, 3.63) is 64.7 Å². The standard InChI is InChI=1S/C21H25N3O5/c25-19(15-29-20-10-4-9-18(12-20)24(27)28)14-23-11-5-6-16(13-23)21(26)22-17-7-2-1-3-8-17/h1-4,7-10,12,16,19,25H,5-6,11,13-15H2,(H,22,26)/t16-,19+/m1/s1. The highest BCUT2D eigenvalue weighted by atomic mass is 16.6. The Kier molecular flexibility index (Phi) is 7.15. The molecule has 1 fully saturated rings. The molecule has 0 aromatic heterocycles. The van der Waals surface area contributed by atoms with Crippen LogP contribution in [0.2, 0.25) is 0 Å². The maximum absolute atomic E-state index is 12.5. The molecule has 0 saturated carbocycles. The van der Waals surface area contributed by atoms with E-state index < -0.39 is 11.0 Å². The lowest BCUT2D eigenvalue weighted by atomic mass is 9.96. The highest BCUT2D eigenvalue weighted by molar-refractivity contribution is 5.92. The fourth-order valence-corrected chi connectivity index (χ4v) is 3.43. The van der Waals surface area contributed by atoms with E-state index in [2.05, 4.69) is 10.2 Å². The number of hydrogen-bond donors (Lipinski definition) is 2. The number of carbonyl (C=O) groups is 1. The molecule has 8 nitrogen and oxygen atoms in total. The smallest absolute Gasteiger partial charge is 0.273 e. The Morgan fingerprint density at radius 1 is 1.28 bits per heavy atom. The number of nitrogens with one attached hydrogen (secondary N) is 1. The van der Waals surface area contributed by atoms with Gasteiger partial charge in [-0.15, -0.1) is 0 Å². The third-order valence-electron chi connectivity index (χ3n) is 4.86. The number of amides is 1. The number of ether oxygens (including phenoxy) is 1. The molecule has 0 aliphatic carbocycles. The number of nitro groups is 1. The molecule has 2 aromatic rings. The number of β-amino-alcohol motifs (C(OH)–C–C–N with tert-alkyl or cyclic N) is 1. The minimum Gasteiger partial charge on any atom is -0.491 e. The molecule has 1 amide bonds. The minimum atomic E-state index is -0.759. The normalized spacial score (nSPS) is 18.0. The van der Waals surface area contributed by atoms with Crippen LogP contribution in [-0.2, 0) is 4.79 Å². The number of aliphatic hydroxyl groups excluding tert-OH is 1. The summed E-state index contributed by atoms with van der Waals surface area (Å²) in [4.78, 5) is 24.9. The van der Waals surface area contributed by atoms with E-state index in [9.17, 15) is 20.0 Å². The molecule has 8 heteroatoms.